The Balaban J connectivity index is 2.35. The average Bonchev–Trinajstić information content (AvgIpc) is 2.37. The van der Waals surface area contributed by atoms with Crippen LogP contribution in [0, 0.1) is 0 Å². The molecule has 0 bridgehead atoms. The number of nitrogens with zero attached hydrogens (tertiary/aromatic N) is 1. The molecule has 20 heavy (non-hydrogen) atoms. The number of morpholine rings is 1. The highest BCUT2D eigenvalue weighted by Crippen LogP contribution is 2.40. The van der Waals surface area contributed by atoms with Crippen molar-refractivity contribution in [2.45, 2.75) is 19.8 Å². The normalized spacial score (nSPS) is 16.6. The van der Waals surface area contributed by atoms with Crippen molar-refractivity contribution < 1.29 is 19.1 Å². The van der Waals surface area contributed by atoms with Gasteiger partial charge in [-0.3, -0.25) is 5.09 Å². The minimum Gasteiger partial charge on any atom is -0.378 e. The van der Waals surface area contributed by atoms with Crippen LogP contribution < -0.4 is 9.99 Å². The molecule has 0 saturated carbocycles. The standard InChI is InChI=1S/C13H21N2O4P/c1-10(2)11-3-4-13(15-5-7-19-8-6-15)12(9-11)14-20(16,17)18/h3-4,9-10H,5-8H2,1-2H3,(H3,14,16,17,18). The van der Waals surface area contributed by atoms with Crippen LogP contribution in [-0.4, -0.2) is 36.1 Å². The van der Waals surface area contributed by atoms with Crippen LogP contribution in [0.5, 0.6) is 0 Å². The molecule has 1 heterocycles. The van der Waals surface area contributed by atoms with Gasteiger partial charge in [-0.2, -0.15) is 0 Å². The maximum Gasteiger partial charge on any atom is 0.427 e. The van der Waals surface area contributed by atoms with Gasteiger partial charge in [0.2, 0.25) is 0 Å². The number of benzene rings is 1. The smallest absolute Gasteiger partial charge is 0.378 e. The molecule has 0 radical (unpaired) electrons. The van der Waals surface area contributed by atoms with Crippen molar-refractivity contribution in [3.63, 3.8) is 0 Å². The van der Waals surface area contributed by atoms with E-state index in [1.165, 1.54) is 0 Å². The Kier molecular flexibility index (Phi) is 4.70. The van der Waals surface area contributed by atoms with Crippen LogP contribution >= 0.6 is 7.75 Å². The Bertz CT molecular complexity index is 509. The molecular formula is C13H21N2O4P. The zero-order valence-corrected chi connectivity index (χ0v) is 12.6. The Morgan fingerprint density at radius 3 is 2.50 bits per heavy atom. The molecule has 1 aromatic carbocycles. The van der Waals surface area contributed by atoms with Crippen molar-refractivity contribution in [1.82, 2.24) is 0 Å². The van der Waals surface area contributed by atoms with Crippen molar-refractivity contribution in [3.8, 4) is 0 Å². The van der Waals surface area contributed by atoms with Crippen molar-refractivity contribution in [2.75, 3.05) is 36.3 Å². The molecule has 7 heteroatoms. The Labute approximate surface area is 119 Å². The van der Waals surface area contributed by atoms with E-state index in [9.17, 15) is 14.4 Å². The van der Waals surface area contributed by atoms with E-state index in [1.54, 1.807) is 0 Å². The molecular weight excluding hydrogens is 279 g/mol. The molecule has 112 valence electrons. The third-order valence-corrected chi connectivity index (χ3v) is 3.84. The molecule has 1 aliphatic heterocycles. The van der Waals surface area contributed by atoms with E-state index < -0.39 is 7.75 Å². The van der Waals surface area contributed by atoms with Crippen molar-refractivity contribution in [1.29, 1.82) is 0 Å². The van der Waals surface area contributed by atoms with Crippen LogP contribution in [0.4, 0.5) is 11.4 Å². The lowest BCUT2D eigenvalue weighted by atomic mass is 10.0. The van der Waals surface area contributed by atoms with E-state index in [4.69, 9.17) is 4.74 Å². The van der Waals surface area contributed by atoms with Crippen LogP contribution in [0.25, 0.3) is 0 Å². The average molecular weight is 300 g/mol. The second kappa shape index (κ2) is 6.14. The van der Waals surface area contributed by atoms with E-state index in [0.717, 1.165) is 24.3 Å². The Morgan fingerprint density at radius 2 is 1.95 bits per heavy atom. The summed E-state index contributed by atoms with van der Waals surface area (Å²) in [5, 5.41) is 2.33. The molecule has 6 nitrogen and oxygen atoms in total. The highest BCUT2D eigenvalue weighted by atomic mass is 31.2. The molecule has 1 aromatic rings. The van der Waals surface area contributed by atoms with E-state index in [0.29, 0.717) is 24.8 Å². The van der Waals surface area contributed by atoms with Gasteiger partial charge >= 0.3 is 7.75 Å². The van der Waals surface area contributed by atoms with Crippen LogP contribution in [0.15, 0.2) is 18.2 Å². The lowest BCUT2D eigenvalue weighted by Crippen LogP contribution is -2.36. The second-order valence-electron chi connectivity index (χ2n) is 5.19. The third kappa shape index (κ3) is 3.96. The summed E-state index contributed by atoms with van der Waals surface area (Å²) in [5.41, 5.74) is 2.32. The Hall–Kier alpha value is -1.07. The van der Waals surface area contributed by atoms with Crippen LogP contribution in [0.1, 0.15) is 25.3 Å². The number of anilines is 2. The zero-order chi connectivity index (χ0) is 14.8. The van der Waals surface area contributed by atoms with Gasteiger partial charge in [-0.05, 0) is 23.6 Å². The van der Waals surface area contributed by atoms with Gasteiger partial charge in [-0.15, -0.1) is 0 Å². The number of hydrogen-bond donors (Lipinski definition) is 3. The zero-order valence-electron chi connectivity index (χ0n) is 11.7. The molecule has 0 amide bonds. The van der Waals surface area contributed by atoms with Gasteiger partial charge in [0.1, 0.15) is 0 Å². The summed E-state index contributed by atoms with van der Waals surface area (Å²) < 4.78 is 16.6. The molecule has 0 aromatic heterocycles. The number of rotatable bonds is 4. The Morgan fingerprint density at radius 1 is 1.30 bits per heavy atom. The minimum absolute atomic E-state index is 0.297. The highest BCUT2D eigenvalue weighted by molar-refractivity contribution is 7.53. The fraction of sp³-hybridized carbons (Fsp3) is 0.538. The summed E-state index contributed by atoms with van der Waals surface area (Å²) in [4.78, 5) is 20.4. The van der Waals surface area contributed by atoms with Crippen molar-refractivity contribution in [2.24, 2.45) is 0 Å². The van der Waals surface area contributed by atoms with Gasteiger partial charge in [-0.25, -0.2) is 4.57 Å². The largest absolute Gasteiger partial charge is 0.427 e. The predicted octanol–water partition coefficient (Wildman–Crippen LogP) is 2.15. The first-order valence-electron chi connectivity index (χ1n) is 6.67. The molecule has 1 fully saturated rings. The summed E-state index contributed by atoms with van der Waals surface area (Å²) in [6, 6.07) is 5.73. The molecule has 1 aliphatic rings. The maximum absolute atomic E-state index is 11.3. The van der Waals surface area contributed by atoms with Gasteiger partial charge in [0.15, 0.2) is 0 Å². The monoisotopic (exact) mass is 300 g/mol. The van der Waals surface area contributed by atoms with Crippen molar-refractivity contribution >= 4 is 19.1 Å². The van der Waals surface area contributed by atoms with E-state index in [1.807, 2.05) is 32.0 Å². The topological polar surface area (TPSA) is 82.0 Å². The molecule has 3 N–H and O–H groups in total. The summed E-state index contributed by atoms with van der Waals surface area (Å²) in [7, 11) is -4.32. The summed E-state index contributed by atoms with van der Waals surface area (Å²) in [5.74, 6) is 0.297. The van der Waals surface area contributed by atoms with Gasteiger partial charge in [0, 0.05) is 13.1 Å². The SMILES string of the molecule is CC(C)c1ccc(N2CCOCC2)c(NP(=O)(O)O)c1. The van der Waals surface area contributed by atoms with E-state index in [2.05, 4.69) is 9.99 Å². The minimum atomic E-state index is -4.32. The quantitative estimate of drug-likeness (QED) is 0.739. The summed E-state index contributed by atoms with van der Waals surface area (Å²) in [6.07, 6.45) is 0. The van der Waals surface area contributed by atoms with Crippen LogP contribution in [0.3, 0.4) is 0 Å². The first-order chi connectivity index (χ1) is 9.37. The fourth-order valence-corrected chi connectivity index (χ4v) is 2.73. The summed E-state index contributed by atoms with van der Waals surface area (Å²) in [6.45, 7) is 6.78. The van der Waals surface area contributed by atoms with Crippen LogP contribution in [-0.2, 0) is 9.30 Å². The molecule has 0 spiro atoms. The number of nitrogens with one attached hydrogen (secondary N) is 1. The molecule has 1 saturated heterocycles. The fourth-order valence-electron chi connectivity index (χ4n) is 2.24. The molecule has 0 unspecified atom stereocenters. The lowest BCUT2D eigenvalue weighted by molar-refractivity contribution is 0.123. The van der Waals surface area contributed by atoms with E-state index >= 15 is 0 Å². The molecule has 0 atom stereocenters. The predicted molar refractivity (Wildman–Crippen MR) is 79.2 cm³/mol. The number of hydrogen-bond acceptors (Lipinski definition) is 3. The van der Waals surface area contributed by atoms with Gasteiger partial charge in [0.05, 0.1) is 24.6 Å². The molecule has 2 rings (SSSR count). The third-order valence-electron chi connectivity index (χ3n) is 3.31. The van der Waals surface area contributed by atoms with Gasteiger partial charge in [-0.1, -0.05) is 19.9 Å². The van der Waals surface area contributed by atoms with E-state index in [-0.39, 0.29) is 0 Å². The van der Waals surface area contributed by atoms with Crippen molar-refractivity contribution in [3.05, 3.63) is 23.8 Å². The maximum atomic E-state index is 11.3. The van der Waals surface area contributed by atoms with Gasteiger partial charge < -0.3 is 19.4 Å². The van der Waals surface area contributed by atoms with Gasteiger partial charge in [0.25, 0.3) is 0 Å². The molecule has 0 aliphatic carbocycles. The highest BCUT2D eigenvalue weighted by Gasteiger charge is 2.20. The second-order valence-corrected chi connectivity index (χ2v) is 6.50. The first-order valence-corrected chi connectivity index (χ1v) is 8.28. The summed E-state index contributed by atoms with van der Waals surface area (Å²) >= 11 is 0. The van der Waals surface area contributed by atoms with Crippen LogP contribution in [0.2, 0.25) is 0 Å². The number of ether oxygens (including phenoxy) is 1. The lowest BCUT2D eigenvalue weighted by Gasteiger charge is -2.31. The first kappa shape index (κ1) is 15.3.